The summed E-state index contributed by atoms with van der Waals surface area (Å²) in [6.07, 6.45) is -6.59. The van der Waals surface area contributed by atoms with Gasteiger partial charge in [-0.2, -0.15) is 0 Å². The van der Waals surface area contributed by atoms with Gasteiger partial charge in [0.05, 0.1) is 19.8 Å². The molecule has 0 aromatic carbocycles. The third kappa shape index (κ3) is 5.91. The maximum atomic E-state index is 10.1. The Morgan fingerprint density at radius 1 is 0.852 bits per heavy atom. The SMILES string of the molecule is CC/C=C\CCOC1OC(COC2OCC(O)C(O)C2O)C(O)C(O)C1O. The van der Waals surface area contributed by atoms with Crippen LogP contribution in [0.3, 0.4) is 0 Å². The van der Waals surface area contributed by atoms with Crippen LogP contribution in [0, 0.1) is 0 Å². The molecule has 0 bridgehead atoms. The Morgan fingerprint density at radius 2 is 1.56 bits per heavy atom. The van der Waals surface area contributed by atoms with Gasteiger partial charge in [0, 0.05) is 0 Å². The van der Waals surface area contributed by atoms with Crippen molar-refractivity contribution in [1.82, 2.24) is 0 Å². The molecule has 2 aliphatic heterocycles. The molecule has 0 aromatic rings. The van der Waals surface area contributed by atoms with Crippen molar-refractivity contribution >= 4 is 0 Å². The summed E-state index contributed by atoms with van der Waals surface area (Å²) in [5.41, 5.74) is 0. The van der Waals surface area contributed by atoms with E-state index < -0.39 is 55.3 Å². The Kier molecular flexibility index (Phi) is 9.02. The average molecular weight is 394 g/mol. The van der Waals surface area contributed by atoms with Gasteiger partial charge in [0.25, 0.3) is 0 Å². The van der Waals surface area contributed by atoms with E-state index in [1.165, 1.54) is 0 Å². The Hall–Kier alpha value is -0.660. The minimum atomic E-state index is -1.51. The lowest BCUT2D eigenvalue weighted by Crippen LogP contribution is -2.60. The number of ether oxygens (including phenoxy) is 4. The largest absolute Gasteiger partial charge is 0.388 e. The quantitative estimate of drug-likeness (QED) is 0.194. The average Bonchev–Trinajstić information content (AvgIpc) is 2.66. The minimum Gasteiger partial charge on any atom is -0.388 e. The van der Waals surface area contributed by atoms with E-state index in [2.05, 4.69) is 0 Å². The first-order chi connectivity index (χ1) is 12.9. The van der Waals surface area contributed by atoms with Gasteiger partial charge in [0.1, 0.15) is 42.7 Å². The number of aliphatic hydroxyl groups is 6. The normalized spacial score (nSPS) is 43.3. The van der Waals surface area contributed by atoms with Gasteiger partial charge >= 0.3 is 0 Å². The van der Waals surface area contributed by atoms with E-state index in [-0.39, 0.29) is 19.8 Å². The molecule has 10 heteroatoms. The number of hydrogen-bond donors (Lipinski definition) is 6. The highest BCUT2D eigenvalue weighted by molar-refractivity contribution is 4.90. The van der Waals surface area contributed by atoms with Crippen LogP contribution in [-0.4, -0.2) is 106 Å². The van der Waals surface area contributed by atoms with Crippen molar-refractivity contribution in [2.75, 3.05) is 19.8 Å². The molecule has 2 heterocycles. The summed E-state index contributed by atoms with van der Waals surface area (Å²) >= 11 is 0. The molecular weight excluding hydrogens is 364 g/mol. The van der Waals surface area contributed by atoms with Crippen molar-refractivity contribution in [2.24, 2.45) is 0 Å². The Balaban J connectivity index is 1.86. The monoisotopic (exact) mass is 394 g/mol. The smallest absolute Gasteiger partial charge is 0.186 e. The third-order valence-electron chi connectivity index (χ3n) is 4.52. The fourth-order valence-electron chi connectivity index (χ4n) is 2.84. The molecule has 2 rings (SSSR count). The zero-order valence-corrected chi connectivity index (χ0v) is 15.2. The first-order valence-corrected chi connectivity index (χ1v) is 9.10. The molecule has 2 aliphatic rings. The molecule has 0 amide bonds. The van der Waals surface area contributed by atoms with Crippen molar-refractivity contribution in [3.8, 4) is 0 Å². The van der Waals surface area contributed by atoms with E-state index in [1.54, 1.807) is 0 Å². The van der Waals surface area contributed by atoms with Gasteiger partial charge in [-0.15, -0.1) is 0 Å². The summed E-state index contributed by atoms with van der Waals surface area (Å²) in [7, 11) is 0. The van der Waals surface area contributed by atoms with Gasteiger partial charge in [-0.1, -0.05) is 19.1 Å². The molecule has 10 nitrogen and oxygen atoms in total. The van der Waals surface area contributed by atoms with Gasteiger partial charge in [-0.3, -0.25) is 0 Å². The first kappa shape index (κ1) is 22.6. The molecular formula is C17H30O10. The van der Waals surface area contributed by atoms with E-state index in [0.29, 0.717) is 6.42 Å². The van der Waals surface area contributed by atoms with Crippen LogP contribution in [0.25, 0.3) is 0 Å². The van der Waals surface area contributed by atoms with Gasteiger partial charge < -0.3 is 49.6 Å². The molecule has 0 aromatic heterocycles. The third-order valence-corrected chi connectivity index (χ3v) is 4.52. The van der Waals surface area contributed by atoms with E-state index in [0.717, 1.165) is 6.42 Å². The molecule has 0 radical (unpaired) electrons. The van der Waals surface area contributed by atoms with Gasteiger partial charge in [-0.05, 0) is 12.8 Å². The van der Waals surface area contributed by atoms with Crippen molar-refractivity contribution in [1.29, 1.82) is 0 Å². The fourth-order valence-corrected chi connectivity index (χ4v) is 2.84. The van der Waals surface area contributed by atoms with Crippen LogP contribution in [0.1, 0.15) is 19.8 Å². The highest BCUT2D eigenvalue weighted by atomic mass is 16.7. The summed E-state index contributed by atoms with van der Waals surface area (Å²) < 4.78 is 21.3. The van der Waals surface area contributed by atoms with E-state index in [9.17, 15) is 30.6 Å². The molecule has 9 atom stereocenters. The summed E-state index contributed by atoms with van der Waals surface area (Å²) in [6, 6.07) is 0. The summed E-state index contributed by atoms with van der Waals surface area (Å²) in [4.78, 5) is 0. The molecule has 0 spiro atoms. The highest BCUT2D eigenvalue weighted by Crippen LogP contribution is 2.24. The van der Waals surface area contributed by atoms with Crippen LogP contribution in [0.4, 0.5) is 0 Å². The van der Waals surface area contributed by atoms with Crippen LogP contribution in [0.5, 0.6) is 0 Å². The first-order valence-electron chi connectivity index (χ1n) is 9.10. The highest BCUT2D eigenvalue weighted by Gasteiger charge is 2.45. The van der Waals surface area contributed by atoms with E-state index in [4.69, 9.17) is 18.9 Å². The maximum Gasteiger partial charge on any atom is 0.186 e. The molecule has 0 aliphatic carbocycles. The van der Waals surface area contributed by atoms with Crippen molar-refractivity contribution in [3.05, 3.63) is 12.2 Å². The molecule has 9 unspecified atom stereocenters. The van der Waals surface area contributed by atoms with Crippen LogP contribution in [0.15, 0.2) is 12.2 Å². The second-order valence-corrected chi connectivity index (χ2v) is 6.64. The van der Waals surface area contributed by atoms with E-state index in [1.807, 2.05) is 19.1 Å². The Bertz CT molecular complexity index is 461. The summed E-state index contributed by atoms with van der Waals surface area (Å²) in [5.74, 6) is 0. The standard InChI is InChI=1S/C17H30O10/c1-2-3-4-5-6-24-17-15(23)13(21)12(20)10(27-17)8-26-16-14(22)11(19)9(18)7-25-16/h3-4,9-23H,2,5-8H2,1H3/b4-3-. The number of allylic oxidation sites excluding steroid dienone is 1. The summed E-state index contributed by atoms with van der Waals surface area (Å²) in [5, 5.41) is 59.0. The van der Waals surface area contributed by atoms with Gasteiger partial charge in [-0.25, -0.2) is 0 Å². The predicted octanol–water partition coefficient (Wildman–Crippen LogP) is -2.38. The minimum absolute atomic E-state index is 0.227. The van der Waals surface area contributed by atoms with E-state index >= 15 is 0 Å². The lowest BCUT2D eigenvalue weighted by Gasteiger charge is -2.41. The fraction of sp³-hybridized carbons (Fsp3) is 0.882. The lowest BCUT2D eigenvalue weighted by molar-refractivity contribution is -0.320. The summed E-state index contributed by atoms with van der Waals surface area (Å²) in [6.45, 7) is 1.73. The van der Waals surface area contributed by atoms with Crippen molar-refractivity contribution in [3.63, 3.8) is 0 Å². The molecule has 27 heavy (non-hydrogen) atoms. The van der Waals surface area contributed by atoms with Crippen molar-refractivity contribution in [2.45, 2.75) is 75.1 Å². The second-order valence-electron chi connectivity index (χ2n) is 6.64. The van der Waals surface area contributed by atoms with Crippen LogP contribution in [0.2, 0.25) is 0 Å². The second kappa shape index (κ2) is 10.8. The Labute approximate surface area is 157 Å². The zero-order chi connectivity index (χ0) is 20.0. The lowest BCUT2D eigenvalue weighted by atomic mass is 9.99. The molecule has 0 saturated carbocycles. The number of rotatable bonds is 8. The molecule has 6 N–H and O–H groups in total. The van der Waals surface area contributed by atoms with Crippen LogP contribution in [-0.2, 0) is 18.9 Å². The van der Waals surface area contributed by atoms with Crippen LogP contribution >= 0.6 is 0 Å². The van der Waals surface area contributed by atoms with Crippen molar-refractivity contribution < 1.29 is 49.6 Å². The van der Waals surface area contributed by atoms with Gasteiger partial charge in [0.2, 0.25) is 0 Å². The molecule has 158 valence electrons. The molecule has 2 fully saturated rings. The van der Waals surface area contributed by atoms with Gasteiger partial charge in [0.15, 0.2) is 12.6 Å². The molecule has 2 saturated heterocycles. The predicted molar refractivity (Wildman–Crippen MR) is 90.4 cm³/mol. The maximum absolute atomic E-state index is 10.1. The number of aliphatic hydroxyl groups excluding tert-OH is 6. The topological polar surface area (TPSA) is 158 Å². The zero-order valence-electron chi connectivity index (χ0n) is 15.2. The Morgan fingerprint density at radius 3 is 2.26 bits per heavy atom. The van der Waals surface area contributed by atoms with Crippen LogP contribution < -0.4 is 0 Å². The number of hydrogen-bond acceptors (Lipinski definition) is 10.